The van der Waals surface area contributed by atoms with Crippen LogP contribution < -0.4 is 5.32 Å². The molecule has 0 atom stereocenters. The molecule has 9 heteroatoms. The van der Waals surface area contributed by atoms with Crippen molar-refractivity contribution in [1.82, 2.24) is 19.6 Å². The minimum Gasteiger partial charge on any atom is -0.365 e. The van der Waals surface area contributed by atoms with Gasteiger partial charge in [-0.1, -0.05) is 32.4 Å². The van der Waals surface area contributed by atoms with Crippen molar-refractivity contribution < 1.29 is 13.2 Å². The predicted molar refractivity (Wildman–Crippen MR) is 103 cm³/mol. The molecule has 0 spiro atoms. The first-order chi connectivity index (χ1) is 12.8. The van der Waals surface area contributed by atoms with Gasteiger partial charge in [-0.25, -0.2) is 13.2 Å². The second kappa shape index (κ2) is 6.92. The van der Waals surface area contributed by atoms with Crippen LogP contribution in [0.1, 0.15) is 41.0 Å². The van der Waals surface area contributed by atoms with Gasteiger partial charge in [-0.05, 0) is 25.7 Å². The van der Waals surface area contributed by atoms with Crippen LogP contribution in [0.25, 0.3) is 17.2 Å². The number of aromatic nitrogens is 4. The van der Waals surface area contributed by atoms with Gasteiger partial charge in [-0.15, -0.1) is 5.10 Å². The Morgan fingerprint density at radius 2 is 1.61 bits per heavy atom. The molecule has 0 saturated heterocycles. The van der Waals surface area contributed by atoms with Crippen LogP contribution in [-0.2, 0) is 0 Å². The van der Waals surface area contributed by atoms with Gasteiger partial charge in [0.25, 0.3) is 5.78 Å². The van der Waals surface area contributed by atoms with E-state index in [-0.39, 0.29) is 27.7 Å². The number of benzene rings is 1. The molecule has 28 heavy (non-hydrogen) atoms. The van der Waals surface area contributed by atoms with Crippen molar-refractivity contribution in [3.8, 4) is 11.4 Å². The fraction of sp³-hybridized carbons (Fsp3) is 0.421. The number of hydrogen-bond acceptors (Lipinski definition) is 4. The van der Waals surface area contributed by atoms with Gasteiger partial charge in [-0.3, -0.25) is 0 Å². The van der Waals surface area contributed by atoms with Crippen molar-refractivity contribution in [2.24, 2.45) is 5.41 Å². The van der Waals surface area contributed by atoms with Crippen LogP contribution in [0.15, 0.2) is 18.2 Å². The lowest BCUT2D eigenvalue weighted by Gasteiger charge is -2.34. The zero-order valence-corrected chi connectivity index (χ0v) is 17.0. The minimum absolute atomic E-state index is 0.0559. The largest absolute Gasteiger partial charge is 0.365 e. The number of rotatable bonds is 4. The fourth-order valence-corrected chi connectivity index (χ4v) is 3.69. The van der Waals surface area contributed by atoms with Crippen molar-refractivity contribution in [2.75, 3.05) is 5.32 Å². The molecule has 0 bridgehead atoms. The van der Waals surface area contributed by atoms with E-state index >= 15 is 0 Å². The van der Waals surface area contributed by atoms with Crippen LogP contribution in [0.3, 0.4) is 0 Å². The lowest BCUT2D eigenvalue weighted by atomic mass is 9.82. The molecule has 2 aromatic heterocycles. The summed E-state index contributed by atoms with van der Waals surface area (Å²) in [6.07, 6.45) is 0.824. The SMILES string of the molecule is CC(C)(C)CC(C)(C)Nc1cc(Cl)nc2nc(-c3c(F)cc(F)cc3F)nn12. The smallest absolute Gasteiger partial charge is 0.256 e. The predicted octanol–water partition coefficient (Wildman–Crippen LogP) is 5.49. The van der Waals surface area contributed by atoms with Gasteiger partial charge in [0.05, 0.1) is 5.56 Å². The third-order valence-electron chi connectivity index (χ3n) is 3.95. The molecular formula is C19H21ClF3N5. The summed E-state index contributed by atoms with van der Waals surface area (Å²) >= 11 is 6.09. The maximum atomic E-state index is 14.1. The van der Waals surface area contributed by atoms with Crippen molar-refractivity contribution in [3.05, 3.63) is 40.8 Å². The van der Waals surface area contributed by atoms with Crippen LogP contribution in [0.4, 0.5) is 19.0 Å². The fourth-order valence-electron chi connectivity index (χ4n) is 3.51. The molecule has 0 aliphatic rings. The molecule has 0 aliphatic carbocycles. The monoisotopic (exact) mass is 411 g/mol. The Labute approximate surface area is 166 Å². The molecule has 0 unspecified atom stereocenters. The maximum absolute atomic E-state index is 14.1. The van der Waals surface area contributed by atoms with Crippen molar-refractivity contribution in [2.45, 2.75) is 46.6 Å². The quantitative estimate of drug-likeness (QED) is 0.577. The highest BCUT2D eigenvalue weighted by Crippen LogP contribution is 2.31. The molecule has 150 valence electrons. The maximum Gasteiger partial charge on any atom is 0.256 e. The summed E-state index contributed by atoms with van der Waals surface area (Å²) in [7, 11) is 0. The zero-order valence-electron chi connectivity index (χ0n) is 16.2. The number of hydrogen-bond donors (Lipinski definition) is 1. The van der Waals surface area contributed by atoms with Gasteiger partial charge in [0, 0.05) is 23.7 Å². The Kier molecular flexibility index (Phi) is 5.04. The average molecular weight is 412 g/mol. The second-order valence-electron chi connectivity index (χ2n) is 8.60. The molecule has 0 amide bonds. The first-order valence-corrected chi connectivity index (χ1v) is 9.09. The van der Waals surface area contributed by atoms with Crippen molar-refractivity contribution in [3.63, 3.8) is 0 Å². The highest BCUT2D eigenvalue weighted by molar-refractivity contribution is 6.29. The zero-order chi connectivity index (χ0) is 20.9. The van der Waals surface area contributed by atoms with Gasteiger partial charge in [0.15, 0.2) is 5.82 Å². The van der Waals surface area contributed by atoms with E-state index in [1.807, 2.05) is 13.8 Å². The summed E-state index contributed by atoms with van der Waals surface area (Å²) in [5.74, 6) is -2.91. The Bertz CT molecular complexity index is 1020. The molecule has 1 N–H and O–H groups in total. The minimum atomic E-state index is -1.10. The molecule has 3 aromatic rings. The Morgan fingerprint density at radius 3 is 2.18 bits per heavy atom. The van der Waals surface area contributed by atoms with E-state index in [1.54, 1.807) is 6.07 Å². The van der Waals surface area contributed by atoms with Crippen molar-refractivity contribution >= 4 is 23.2 Å². The van der Waals surface area contributed by atoms with Crippen LogP contribution in [-0.4, -0.2) is 25.1 Å². The van der Waals surface area contributed by atoms with Crippen LogP contribution in [0.5, 0.6) is 0 Å². The van der Waals surface area contributed by atoms with Gasteiger partial charge in [0.2, 0.25) is 0 Å². The van der Waals surface area contributed by atoms with E-state index in [0.29, 0.717) is 18.0 Å². The Hall–Kier alpha value is -2.35. The number of halogens is 4. The van der Waals surface area contributed by atoms with Gasteiger partial charge in [-0.2, -0.15) is 14.5 Å². The molecule has 2 heterocycles. The first-order valence-electron chi connectivity index (χ1n) is 8.71. The summed E-state index contributed by atoms with van der Waals surface area (Å²) in [6.45, 7) is 10.4. The summed E-state index contributed by atoms with van der Waals surface area (Å²) in [6, 6.07) is 2.72. The van der Waals surface area contributed by atoms with Crippen molar-refractivity contribution in [1.29, 1.82) is 0 Å². The topological polar surface area (TPSA) is 55.1 Å². The van der Waals surface area contributed by atoms with Gasteiger partial charge >= 0.3 is 0 Å². The summed E-state index contributed by atoms with van der Waals surface area (Å²) in [4.78, 5) is 8.13. The second-order valence-corrected chi connectivity index (χ2v) is 8.99. The van der Waals surface area contributed by atoms with Crippen LogP contribution >= 0.6 is 11.6 Å². The molecule has 5 nitrogen and oxygen atoms in total. The highest BCUT2D eigenvalue weighted by atomic mass is 35.5. The standard InChI is InChI=1S/C19H21ClF3N5/c1-18(2,3)9-19(4,5)26-14-8-13(20)24-17-25-16(27-28(14)17)15-11(22)6-10(21)7-12(15)23/h6-8,26H,9H2,1-5H3. The molecule has 0 aliphatic heterocycles. The number of nitrogens with one attached hydrogen (secondary N) is 1. The van der Waals surface area contributed by atoms with E-state index < -0.39 is 23.0 Å². The lowest BCUT2D eigenvalue weighted by Crippen LogP contribution is -2.36. The lowest BCUT2D eigenvalue weighted by molar-refractivity contribution is 0.301. The van der Waals surface area contributed by atoms with Crippen LogP contribution in [0.2, 0.25) is 5.15 Å². The summed E-state index contributed by atoms with van der Waals surface area (Å²) < 4.78 is 42.8. The molecule has 0 fully saturated rings. The Balaban J connectivity index is 2.10. The highest BCUT2D eigenvalue weighted by Gasteiger charge is 2.27. The van der Waals surface area contributed by atoms with Gasteiger partial charge < -0.3 is 5.32 Å². The van der Waals surface area contributed by atoms with E-state index in [9.17, 15) is 13.2 Å². The van der Waals surface area contributed by atoms with E-state index in [2.05, 4.69) is 41.2 Å². The third kappa shape index (κ3) is 4.38. The van der Waals surface area contributed by atoms with E-state index in [0.717, 1.165) is 6.42 Å². The summed E-state index contributed by atoms with van der Waals surface area (Å²) in [5, 5.41) is 7.68. The number of fused-ring (bicyclic) bond motifs is 1. The average Bonchev–Trinajstić information content (AvgIpc) is 2.86. The molecule has 3 rings (SSSR count). The molecule has 0 saturated carbocycles. The number of nitrogens with zero attached hydrogens (tertiary/aromatic N) is 4. The van der Waals surface area contributed by atoms with E-state index in [4.69, 9.17) is 11.6 Å². The molecule has 1 aromatic carbocycles. The third-order valence-corrected chi connectivity index (χ3v) is 4.14. The first kappa shape index (κ1) is 20.4. The van der Waals surface area contributed by atoms with Gasteiger partial charge in [0.1, 0.15) is 28.4 Å². The Morgan fingerprint density at radius 1 is 1.00 bits per heavy atom. The van der Waals surface area contributed by atoms with Crippen LogP contribution in [0, 0.1) is 22.9 Å². The normalized spacial score (nSPS) is 12.6. The molecule has 0 radical (unpaired) electrons. The molecular weight excluding hydrogens is 391 g/mol. The summed E-state index contributed by atoms with van der Waals surface area (Å²) in [5.41, 5.74) is -0.808. The van der Waals surface area contributed by atoms with E-state index in [1.165, 1.54) is 4.52 Å². The number of anilines is 1.